The van der Waals surface area contributed by atoms with E-state index in [-0.39, 0.29) is 5.82 Å². The van der Waals surface area contributed by atoms with Crippen molar-refractivity contribution in [3.63, 3.8) is 0 Å². The van der Waals surface area contributed by atoms with E-state index in [9.17, 15) is 4.39 Å². The summed E-state index contributed by atoms with van der Waals surface area (Å²) in [5.74, 6) is 1.86. The predicted octanol–water partition coefficient (Wildman–Crippen LogP) is 4.02. The first kappa shape index (κ1) is 16.7. The number of halogens is 1. The Morgan fingerprint density at radius 3 is 2.68 bits per heavy atom. The first-order valence-electron chi connectivity index (χ1n) is 7.94. The summed E-state index contributed by atoms with van der Waals surface area (Å²) in [5, 5.41) is 6.32. The molecule has 25 heavy (non-hydrogen) atoms. The van der Waals surface area contributed by atoms with Crippen LogP contribution in [0, 0.1) is 5.82 Å². The lowest BCUT2D eigenvalue weighted by molar-refractivity contribution is 0.414. The van der Waals surface area contributed by atoms with Crippen molar-refractivity contribution in [2.24, 2.45) is 0 Å². The minimum Gasteiger partial charge on any atom is -0.497 e. The Bertz CT molecular complexity index is 841. The number of rotatable bonds is 7. The zero-order valence-corrected chi connectivity index (χ0v) is 13.9. The molecule has 2 N–H and O–H groups in total. The fraction of sp³-hybridized carbons (Fsp3) is 0.158. The van der Waals surface area contributed by atoms with Crippen LogP contribution in [0.15, 0.2) is 60.9 Å². The molecule has 0 aliphatic heterocycles. The molecule has 5 nitrogen and oxygen atoms in total. The summed E-state index contributed by atoms with van der Waals surface area (Å²) in [5.41, 5.74) is 1.82. The number of anilines is 3. The highest BCUT2D eigenvalue weighted by Gasteiger charge is 2.01. The van der Waals surface area contributed by atoms with Gasteiger partial charge in [-0.1, -0.05) is 18.2 Å². The van der Waals surface area contributed by atoms with E-state index in [2.05, 4.69) is 26.7 Å². The second-order valence-corrected chi connectivity index (χ2v) is 5.45. The molecule has 0 unspecified atom stereocenters. The lowest BCUT2D eigenvalue weighted by Gasteiger charge is -2.09. The summed E-state index contributed by atoms with van der Waals surface area (Å²) in [6, 6.07) is 16.0. The smallest absolute Gasteiger partial charge is 0.135 e. The molecule has 3 aromatic rings. The van der Waals surface area contributed by atoms with Crippen LogP contribution in [-0.4, -0.2) is 23.6 Å². The third kappa shape index (κ3) is 4.91. The number of nitrogens with zero attached hydrogens (tertiary/aromatic N) is 2. The summed E-state index contributed by atoms with van der Waals surface area (Å²) >= 11 is 0. The summed E-state index contributed by atoms with van der Waals surface area (Å²) in [4.78, 5) is 8.35. The van der Waals surface area contributed by atoms with Gasteiger partial charge >= 0.3 is 0 Å². The number of hydrogen-bond acceptors (Lipinski definition) is 5. The van der Waals surface area contributed by atoms with Gasteiger partial charge in [-0.05, 0) is 42.3 Å². The summed E-state index contributed by atoms with van der Waals surface area (Å²) in [6.45, 7) is 0.726. The van der Waals surface area contributed by atoms with Gasteiger partial charge in [-0.2, -0.15) is 0 Å². The maximum Gasteiger partial charge on any atom is 0.135 e. The monoisotopic (exact) mass is 338 g/mol. The zero-order chi connectivity index (χ0) is 17.5. The second kappa shape index (κ2) is 8.10. The van der Waals surface area contributed by atoms with E-state index in [1.807, 2.05) is 18.2 Å². The van der Waals surface area contributed by atoms with Crippen molar-refractivity contribution in [2.75, 3.05) is 24.3 Å². The zero-order valence-electron chi connectivity index (χ0n) is 13.9. The molecule has 2 aromatic carbocycles. The van der Waals surface area contributed by atoms with Gasteiger partial charge < -0.3 is 15.4 Å². The summed E-state index contributed by atoms with van der Waals surface area (Å²) in [6.07, 6.45) is 2.31. The van der Waals surface area contributed by atoms with Gasteiger partial charge in [0.25, 0.3) is 0 Å². The first-order chi connectivity index (χ1) is 12.2. The first-order valence-corrected chi connectivity index (χ1v) is 7.94. The van der Waals surface area contributed by atoms with Gasteiger partial charge in [0, 0.05) is 18.3 Å². The van der Waals surface area contributed by atoms with Crippen molar-refractivity contribution in [2.45, 2.75) is 6.42 Å². The highest BCUT2D eigenvalue weighted by Crippen LogP contribution is 2.17. The fourth-order valence-electron chi connectivity index (χ4n) is 2.40. The molecular weight excluding hydrogens is 319 g/mol. The summed E-state index contributed by atoms with van der Waals surface area (Å²) in [7, 11) is 1.66. The normalized spacial score (nSPS) is 10.3. The predicted molar refractivity (Wildman–Crippen MR) is 96.9 cm³/mol. The molecule has 0 aliphatic carbocycles. The largest absolute Gasteiger partial charge is 0.497 e. The minimum atomic E-state index is -0.296. The van der Waals surface area contributed by atoms with Crippen molar-refractivity contribution >= 4 is 17.3 Å². The van der Waals surface area contributed by atoms with Gasteiger partial charge in [-0.15, -0.1) is 0 Å². The van der Waals surface area contributed by atoms with Gasteiger partial charge in [-0.25, -0.2) is 14.4 Å². The van der Waals surface area contributed by atoms with Crippen LogP contribution in [0.3, 0.4) is 0 Å². The molecule has 0 atom stereocenters. The van der Waals surface area contributed by atoms with E-state index < -0.39 is 0 Å². The molecule has 128 valence electrons. The van der Waals surface area contributed by atoms with Crippen molar-refractivity contribution in [1.82, 2.24) is 9.97 Å². The van der Waals surface area contributed by atoms with E-state index in [4.69, 9.17) is 4.74 Å². The van der Waals surface area contributed by atoms with Gasteiger partial charge in [0.05, 0.1) is 7.11 Å². The molecule has 0 amide bonds. The Hall–Kier alpha value is -3.15. The molecule has 1 heterocycles. The fourth-order valence-corrected chi connectivity index (χ4v) is 2.40. The van der Waals surface area contributed by atoms with Crippen molar-refractivity contribution in [3.8, 4) is 5.75 Å². The molecule has 0 bridgehead atoms. The summed E-state index contributed by atoms with van der Waals surface area (Å²) < 4.78 is 18.5. The molecule has 0 aliphatic rings. The third-order valence-corrected chi connectivity index (χ3v) is 3.62. The van der Waals surface area contributed by atoms with E-state index in [0.29, 0.717) is 17.3 Å². The van der Waals surface area contributed by atoms with Crippen molar-refractivity contribution in [1.29, 1.82) is 0 Å². The Balaban J connectivity index is 1.58. The lowest BCUT2D eigenvalue weighted by atomic mass is 10.1. The average Bonchev–Trinajstić information content (AvgIpc) is 2.62. The van der Waals surface area contributed by atoms with Crippen LogP contribution in [0.5, 0.6) is 5.75 Å². The minimum absolute atomic E-state index is 0.296. The van der Waals surface area contributed by atoms with E-state index in [1.165, 1.54) is 24.0 Å². The van der Waals surface area contributed by atoms with Gasteiger partial charge in [-0.3, -0.25) is 0 Å². The van der Waals surface area contributed by atoms with Crippen LogP contribution in [0.2, 0.25) is 0 Å². The van der Waals surface area contributed by atoms with Gasteiger partial charge in [0.1, 0.15) is 29.5 Å². The third-order valence-electron chi connectivity index (χ3n) is 3.62. The van der Waals surface area contributed by atoms with Crippen molar-refractivity contribution in [3.05, 3.63) is 72.3 Å². The van der Waals surface area contributed by atoms with Crippen LogP contribution in [0.1, 0.15) is 5.56 Å². The SMILES string of the molecule is COc1cccc(CCNc2cc(Nc3cccc(F)c3)ncn2)c1. The van der Waals surface area contributed by atoms with Gasteiger partial charge in [0.15, 0.2) is 0 Å². The molecule has 6 heteroatoms. The molecular formula is C19H19FN4O. The van der Waals surface area contributed by atoms with Gasteiger partial charge in [0.2, 0.25) is 0 Å². The molecule has 0 saturated carbocycles. The molecule has 0 spiro atoms. The lowest BCUT2D eigenvalue weighted by Crippen LogP contribution is -2.07. The van der Waals surface area contributed by atoms with Crippen LogP contribution in [0.4, 0.5) is 21.7 Å². The van der Waals surface area contributed by atoms with Crippen LogP contribution in [0.25, 0.3) is 0 Å². The van der Waals surface area contributed by atoms with Crippen LogP contribution < -0.4 is 15.4 Å². The van der Waals surface area contributed by atoms with Crippen LogP contribution in [-0.2, 0) is 6.42 Å². The number of methoxy groups -OCH3 is 1. The van der Waals surface area contributed by atoms with E-state index in [0.717, 1.165) is 18.7 Å². The Labute approximate surface area is 145 Å². The second-order valence-electron chi connectivity index (χ2n) is 5.45. The maximum atomic E-state index is 13.2. The molecule has 0 radical (unpaired) electrons. The molecule has 1 aromatic heterocycles. The Kier molecular flexibility index (Phi) is 5.41. The number of ether oxygens (including phenoxy) is 1. The quantitative estimate of drug-likeness (QED) is 0.681. The molecule has 0 fully saturated rings. The maximum absolute atomic E-state index is 13.2. The number of hydrogen-bond donors (Lipinski definition) is 2. The number of aromatic nitrogens is 2. The van der Waals surface area contributed by atoms with Crippen LogP contribution >= 0.6 is 0 Å². The van der Waals surface area contributed by atoms with E-state index in [1.54, 1.807) is 25.3 Å². The van der Waals surface area contributed by atoms with E-state index >= 15 is 0 Å². The average molecular weight is 338 g/mol. The highest BCUT2D eigenvalue weighted by atomic mass is 19.1. The standard InChI is InChI=1S/C19H19FN4O/c1-25-17-7-2-4-14(10-17)8-9-21-18-12-19(23-13-22-18)24-16-6-3-5-15(20)11-16/h2-7,10-13H,8-9H2,1H3,(H2,21,22,23,24). The highest BCUT2D eigenvalue weighted by molar-refractivity contribution is 5.58. The number of nitrogens with one attached hydrogen (secondary N) is 2. The molecule has 0 saturated heterocycles. The molecule has 3 rings (SSSR count). The Morgan fingerprint density at radius 2 is 1.84 bits per heavy atom. The Morgan fingerprint density at radius 1 is 1.00 bits per heavy atom. The topological polar surface area (TPSA) is 59.1 Å². The number of benzene rings is 2. The van der Waals surface area contributed by atoms with Crippen molar-refractivity contribution < 1.29 is 9.13 Å².